The summed E-state index contributed by atoms with van der Waals surface area (Å²) in [5.74, 6) is 0.659. The van der Waals surface area contributed by atoms with Crippen LogP contribution in [0, 0.1) is 0 Å². The van der Waals surface area contributed by atoms with Crippen molar-refractivity contribution in [2.45, 2.75) is 24.4 Å². The number of rotatable bonds is 3. The summed E-state index contributed by atoms with van der Waals surface area (Å²) in [5, 5.41) is 13.3. The van der Waals surface area contributed by atoms with E-state index in [9.17, 15) is 8.42 Å². The third-order valence-electron chi connectivity index (χ3n) is 4.19. The summed E-state index contributed by atoms with van der Waals surface area (Å²) in [7, 11) is -3.76. The zero-order chi connectivity index (χ0) is 17.4. The van der Waals surface area contributed by atoms with E-state index in [0.717, 1.165) is 37.4 Å². The molecule has 0 spiro atoms. The van der Waals surface area contributed by atoms with E-state index in [-0.39, 0.29) is 4.90 Å². The maximum atomic E-state index is 11.6. The van der Waals surface area contributed by atoms with Gasteiger partial charge in [0.2, 0.25) is 10.0 Å². The third kappa shape index (κ3) is 3.09. The predicted octanol–water partition coefficient (Wildman–Crippen LogP) is 0.876. The van der Waals surface area contributed by atoms with E-state index in [1.54, 1.807) is 18.5 Å². The molecule has 0 bridgehead atoms. The topological polar surface area (TPSA) is 108 Å². The molecule has 1 aromatic carbocycles. The number of aryl methyl sites for hydroxylation is 1. The third-order valence-corrected chi connectivity index (χ3v) is 5.10. The maximum absolute atomic E-state index is 11.6. The zero-order valence-electron chi connectivity index (χ0n) is 13.5. The van der Waals surface area contributed by atoms with Crippen LogP contribution in [-0.2, 0) is 23.1 Å². The molecule has 4 rings (SSSR count). The lowest BCUT2D eigenvalue weighted by Gasteiger charge is -2.08. The molecule has 0 radical (unpaired) electrons. The number of hydrogen-bond acceptors (Lipinski definition) is 5. The molecule has 9 heteroatoms. The van der Waals surface area contributed by atoms with Crippen LogP contribution in [-0.4, -0.2) is 34.3 Å². The number of primary sulfonamides is 1. The first-order valence-electron chi connectivity index (χ1n) is 7.97. The molecule has 25 heavy (non-hydrogen) atoms. The predicted molar refractivity (Wildman–Crippen MR) is 92.5 cm³/mol. The van der Waals surface area contributed by atoms with Crippen LogP contribution < -0.4 is 10.5 Å². The lowest BCUT2D eigenvalue weighted by Crippen LogP contribution is -2.12. The average molecular weight is 358 g/mol. The van der Waals surface area contributed by atoms with Crippen molar-refractivity contribution in [3.63, 3.8) is 0 Å². The van der Waals surface area contributed by atoms with Gasteiger partial charge in [0, 0.05) is 31.2 Å². The quantitative estimate of drug-likeness (QED) is 0.722. The molecule has 0 fully saturated rings. The Morgan fingerprint density at radius 2 is 2.12 bits per heavy atom. The molecule has 0 unspecified atom stereocenters. The van der Waals surface area contributed by atoms with Crippen molar-refractivity contribution >= 4 is 10.0 Å². The van der Waals surface area contributed by atoms with Gasteiger partial charge in [0.15, 0.2) is 5.82 Å². The number of nitrogens with one attached hydrogen (secondary N) is 1. The summed E-state index contributed by atoms with van der Waals surface area (Å²) in [6.07, 6.45) is 4.47. The van der Waals surface area contributed by atoms with Gasteiger partial charge < -0.3 is 5.32 Å². The summed E-state index contributed by atoms with van der Waals surface area (Å²) >= 11 is 0. The molecule has 1 aliphatic heterocycles. The van der Waals surface area contributed by atoms with Crippen molar-refractivity contribution in [1.82, 2.24) is 24.6 Å². The maximum Gasteiger partial charge on any atom is 0.238 e. The Hall–Kier alpha value is -2.49. The van der Waals surface area contributed by atoms with Crippen molar-refractivity contribution < 1.29 is 8.42 Å². The molecule has 0 saturated carbocycles. The van der Waals surface area contributed by atoms with Crippen molar-refractivity contribution in [3.05, 3.63) is 48.4 Å². The van der Waals surface area contributed by atoms with Crippen molar-refractivity contribution in [2.24, 2.45) is 5.14 Å². The highest BCUT2D eigenvalue weighted by Crippen LogP contribution is 2.23. The number of benzene rings is 1. The smallest absolute Gasteiger partial charge is 0.238 e. The summed E-state index contributed by atoms with van der Waals surface area (Å²) in [4.78, 5) is 4.47. The van der Waals surface area contributed by atoms with Gasteiger partial charge in [0.25, 0.3) is 0 Å². The first kappa shape index (κ1) is 16.0. The molecule has 2 aromatic heterocycles. The molecule has 8 nitrogen and oxygen atoms in total. The molecule has 130 valence electrons. The summed E-state index contributed by atoms with van der Waals surface area (Å²) < 4.78 is 27.0. The van der Waals surface area contributed by atoms with Gasteiger partial charge in [-0.2, -0.15) is 5.10 Å². The number of hydrogen-bond donors (Lipinski definition) is 2. The second kappa shape index (κ2) is 6.10. The van der Waals surface area contributed by atoms with Gasteiger partial charge >= 0.3 is 0 Å². The van der Waals surface area contributed by atoms with Crippen LogP contribution in [0.15, 0.2) is 47.6 Å². The molecule has 3 heterocycles. The van der Waals surface area contributed by atoms with Crippen LogP contribution in [0.4, 0.5) is 0 Å². The van der Waals surface area contributed by atoms with Crippen molar-refractivity contribution in [1.29, 1.82) is 0 Å². The van der Waals surface area contributed by atoms with Gasteiger partial charge in [0.1, 0.15) is 5.69 Å². The first-order valence-corrected chi connectivity index (χ1v) is 9.51. The van der Waals surface area contributed by atoms with Crippen LogP contribution >= 0.6 is 0 Å². The molecule has 0 aliphatic carbocycles. The number of nitrogens with two attached hydrogens (primary N) is 1. The minimum atomic E-state index is -3.76. The van der Waals surface area contributed by atoms with Gasteiger partial charge in [-0.1, -0.05) is 6.07 Å². The highest BCUT2D eigenvalue weighted by atomic mass is 32.2. The molecule has 0 saturated heterocycles. The Labute approximate surface area is 145 Å². The fraction of sp³-hybridized carbons (Fsp3) is 0.250. The Morgan fingerprint density at radius 1 is 1.24 bits per heavy atom. The summed E-state index contributed by atoms with van der Waals surface area (Å²) in [5.41, 5.74) is 2.53. The highest BCUT2D eigenvalue weighted by molar-refractivity contribution is 7.89. The first-order chi connectivity index (χ1) is 12.0. The van der Waals surface area contributed by atoms with E-state index in [4.69, 9.17) is 5.14 Å². The van der Waals surface area contributed by atoms with E-state index in [1.807, 2.05) is 21.4 Å². The van der Waals surface area contributed by atoms with Gasteiger partial charge in [-0.05, 0) is 37.2 Å². The molecular formula is C16H18N6O2S. The molecule has 0 atom stereocenters. The Bertz CT molecular complexity index is 997. The summed E-state index contributed by atoms with van der Waals surface area (Å²) in [6.45, 7) is 2.62. The second-order valence-corrected chi connectivity index (χ2v) is 7.50. The number of aromatic nitrogens is 4. The number of sulfonamides is 1. The van der Waals surface area contributed by atoms with Crippen LogP contribution in [0.1, 0.15) is 12.1 Å². The van der Waals surface area contributed by atoms with Gasteiger partial charge in [-0.15, -0.1) is 0 Å². The standard InChI is InChI=1S/C16H18N6O2S/c17-25(23,24)14-4-1-3-12(9-14)21-8-6-19-16(21)15-10-13-11-18-5-2-7-22(13)20-15/h1,3-4,6,8-10,18H,2,5,7,11H2,(H2,17,23,24). The Balaban J connectivity index is 1.77. The lowest BCUT2D eigenvalue weighted by atomic mass is 10.3. The lowest BCUT2D eigenvalue weighted by molar-refractivity contribution is 0.588. The minimum Gasteiger partial charge on any atom is -0.311 e. The van der Waals surface area contributed by atoms with Crippen LogP contribution in [0.25, 0.3) is 17.2 Å². The van der Waals surface area contributed by atoms with Gasteiger partial charge in [-0.3, -0.25) is 9.25 Å². The Kier molecular flexibility index (Phi) is 3.91. The number of fused-ring (bicyclic) bond motifs is 1. The largest absolute Gasteiger partial charge is 0.311 e. The Morgan fingerprint density at radius 3 is 2.96 bits per heavy atom. The van der Waals surface area contributed by atoms with Crippen LogP contribution in [0.5, 0.6) is 0 Å². The molecular weight excluding hydrogens is 340 g/mol. The highest BCUT2D eigenvalue weighted by Gasteiger charge is 2.17. The average Bonchev–Trinajstić information content (AvgIpc) is 3.16. The normalized spacial score (nSPS) is 14.9. The van der Waals surface area contributed by atoms with Crippen LogP contribution in [0.2, 0.25) is 0 Å². The minimum absolute atomic E-state index is 0.0643. The molecule has 3 aromatic rings. The van der Waals surface area contributed by atoms with Gasteiger partial charge in [0.05, 0.1) is 10.6 Å². The fourth-order valence-electron chi connectivity index (χ4n) is 2.98. The zero-order valence-corrected chi connectivity index (χ0v) is 14.3. The molecule has 0 amide bonds. The van der Waals surface area contributed by atoms with Crippen LogP contribution in [0.3, 0.4) is 0 Å². The SMILES string of the molecule is NS(=O)(=O)c1cccc(-n2ccnc2-c2cc3n(n2)CCCNC3)c1. The second-order valence-electron chi connectivity index (χ2n) is 5.94. The number of imidazole rings is 1. The summed E-state index contributed by atoms with van der Waals surface area (Å²) in [6, 6.07) is 8.48. The van der Waals surface area contributed by atoms with E-state index in [0.29, 0.717) is 11.5 Å². The number of nitrogens with zero attached hydrogens (tertiary/aromatic N) is 4. The van der Waals surface area contributed by atoms with E-state index in [1.165, 1.54) is 12.1 Å². The van der Waals surface area contributed by atoms with Gasteiger partial charge in [-0.25, -0.2) is 18.5 Å². The van der Waals surface area contributed by atoms with E-state index in [2.05, 4.69) is 15.4 Å². The monoisotopic (exact) mass is 358 g/mol. The van der Waals surface area contributed by atoms with Crippen molar-refractivity contribution in [3.8, 4) is 17.2 Å². The molecule has 1 aliphatic rings. The fourth-order valence-corrected chi connectivity index (χ4v) is 3.54. The van der Waals surface area contributed by atoms with E-state index < -0.39 is 10.0 Å². The van der Waals surface area contributed by atoms with Crippen molar-refractivity contribution in [2.75, 3.05) is 6.54 Å². The van der Waals surface area contributed by atoms with E-state index >= 15 is 0 Å². The molecule has 3 N–H and O–H groups in total.